The number of aliphatic hydroxyl groups excluding tert-OH is 1. The van der Waals surface area contributed by atoms with Crippen LogP contribution >= 0.6 is 23.2 Å². The van der Waals surface area contributed by atoms with Gasteiger partial charge in [-0.25, -0.2) is 0 Å². The van der Waals surface area contributed by atoms with Gasteiger partial charge >= 0.3 is 0 Å². The van der Waals surface area contributed by atoms with E-state index in [1.54, 1.807) is 18.2 Å². The summed E-state index contributed by atoms with van der Waals surface area (Å²) in [5.41, 5.74) is 1.93. The van der Waals surface area contributed by atoms with Crippen LogP contribution in [0.2, 0.25) is 10.0 Å². The summed E-state index contributed by atoms with van der Waals surface area (Å²) in [4.78, 5) is 0. The van der Waals surface area contributed by atoms with Crippen LogP contribution in [0.4, 0.5) is 0 Å². The highest BCUT2D eigenvalue weighted by molar-refractivity contribution is 6.36. The van der Waals surface area contributed by atoms with Crippen molar-refractivity contribution < 1.29 is 5.11 Å². The summed E-state index contributed by atoms with van der Waals surface area (Å²) >= 11 is 12.3. The van der Waals surface area contributed by atoms with Crippen LogP contribution in [-0.4, -0.2) is 5.11 Å². The topological polar surface area (TPSA) is 20.2 Å². The van der Waals surface area contributed by atoms with Gasteiger partial charge in [-0.15, -0.1) is 0 Å². The summed E-state index contributed by atoms with van der Waals surface area (Å²) in [6.45, 7) is 0. The van der Waals surface area contributed by atoms with E-state index in [0.717, 1.165) is 6.42 Å². The second-order valence-corrected chi connectivity index (χ2v) is 5.81. The molecule has 2 aromatic rings. The average Bonchev–Trinajstić information content (AvgIpc) is 3.19. The quantitative estimate of drug-likeness (QED) is 0.859. The highest BCUT2D eigenvalue weighted by Crippen LogP contribution is 2.55. The molecule has 1 aliphatic carbocycles. The Balaban J connectivity index is 1.82. The standard InChI is InChI=1S/C16H14Cl2O/c17-13-7-4-8-14(18)15(13)16(19)12-9-11(12)10-5-2-1-3-6-10/h1-8,11-12,16,19H,9H2. The second kappa shape index (κ2) is 5.16. The third-order valence-electron chi connectivity index (χ3n) is 3.77. The maximum absolute atomic E-state index is 10.5. The second-order valence-electron chi connectivity index (χ2n) is 5.00. The first kappa shape index (κ1) is 13.0. The van der Waals surface area contributed by atoms with Crippen molar-refractivity contribution >= 4 is 23.2 Å². The highest BCUT2D eigenvalue weighted by atomic mass is 35.5. The summed E-state index contributed by atoms with van der Waals surface area (Å²) in [7, 11) is 0. The van der Waals surface area contributed by atoms with Crippen molar-refractivity contribution in [1.29, 1.82) is 0 Å². The van der Waals surface area contributed by atoms with E-state index in [1.165, 1.54) is 5.56 Å². The van der Waals surface area contributed by atoms with Crippen molar-refractivity contribution in [3.8, 4) is 0 Å². The van der Waals surface area contributed by atoms with Crippen molar-refractivity contribution in [3.63, 3.8) is 0 Å². The Kier molecular flexibility index (Phi) is 3.53. The van der Waals surface area contributed by atoms with E-state index >= 15 is 0 Å². The Hall–Kier alpha value is -1.02. The third-order valence-corrected chi connectivity index (χ3v) is 4.43. The molecule has 3 rings (SSSR count). The average molecular weight is 293 g/mol. The van der Waals surface area contributed by atoms with E-state index < -0.39 is 6.10 Å². The van der Waals surface area contributed by atoms with Gasteiger partial charge in [-0.2, -0.15) is 0 Å². The molecule has 1 aliphatic rings. The van der Waals surface area contributed by atoms with Gasteiger partial charge in [0.15, 0.2) is 0 Å². The molecule has 0 heterocycles. The van der Waals surface area contributed by atoms with Crippen LogP contribution in [0.1, 0.15) is 29.6 Å². The van der Waals surface area contributed by atoms with Crippen LogP contribution < -0.4 is 0 Å². The normalized spacial score (nSPS) is 23.1. The molecule has 0 bridgehead atoms. The Labute approximate surface area is 122 Å². The van der Waals surface area contributed by atoms with E-state index in [4.69, 9.17) is 23.2 Å². The zero-order valence-corrected chi connectivity index (χ0v) is 11.8. The van der Waals surface area contributed by atoms with Gasteiger partial charge in [-0.3, -0.25) is 0 Å². The summed E-state index contributed by atoms with van der Waals surface area (Å²) in [5, 5.41) is 11.6. The smallest absolute Gasteiger partial charge is 0.0853 e. The zero-order valence-electron chi connectivity index (χ0n) is 10.3. The van der Waals surface area contributed by atoms with Crippen LogP contribution in [-0.2, 0) is 0 Å². The molecule has 3 heteroatoms. The number of benzene rings is 2. The first-order valence-electron chi connectivity index (χ1n) is 6.35. The molecule has 1 nitrogen and oxygen atoms in total. The van der Waals surface area contributed by atoms with Crippen LogP contribution in [0.25, 0.3) is 0 Å². The number of hydrogen-bond donors (Lipinski definition) is 1. The fourth-order valence-electron chi connectivity index (χ4n) is 2.65. The van der Waals surface area contributed by atoms with Gasteiger partial charge in [-0.05, 0) is 36.0 Å². The van der Waals surface area contributed by atoms with Gasteiger partial charge in [0.2, 0.25) is 0 Å². The van der Waals surface area contributed by atoms with Gasteiger partial charge in [0, 0.05) is 15.6 Å². The molecule has 1 saturated carbocycles. The lowest BCUT2D eigenvalue weighted by Crippen LogP contribution is -2.03. The van der Waals surface area contributed by atoms with Gasteiger partial charge in [-0.1, -0.05) is 59.6 Å². The Morgan fingerprint density at radius 2 is 1.58 bits per heavy atom. The van der Waals surface area contributed by atoms with E-state index in [2.05, 4.69) is 12.1 Å². The Bertz CT molecular complexity index is 562. The van der Waals surface area contributed by atoms with Gasteiger partial charge in [0.05, 0.1) is 6.10 Å². The first-order chi connectivity index (χ1) is 9.18. The molecule has 1 N–H and O–H groups in total. The van der Waals surface area contributed by atoms with Gasteiger partial charge < -0.3 is 5.11 Å². The van der Waals surface area contributed by atoms with Crippen molar-refractivity contribution in [2.24, 2.45) is 5.92 Å². The largest absolute Gasteiger partial charge is 0.388 e. The zero-order chi connectivity index (χ0) is 13.4. The van der Waals surface area contributed by atoms with E-state index in [0.29, 0.717) is 21.5 Å². The summed E-state index contributed by atoms with van der Waals surface area (Å²) < 4.78 is 0. The SMILES string of the molecule is OC(c1c(Cl)cccc1Cl)C1CC1c1ccccc1. The molecule has 1 fully saturated rings. The van der Waals surface area contributed by atoms with E-state index in [1.807, 2.05) is 18.2 Å². The molecule has 3 atom stereocenters. The highest BCUT2D eigenvalue weighted by Gasteiger charge is 2.44. The molecule has 3 unspecified atom stereocenters. The summed E-state index contributed by atoms with van der Waals surface area (Å²) in [6.07, 6.45) is 0.388. The van der Waals surface area contributed by atoms with Crippen LogP contribution in [0.5, 0.6) is 0 Å². The molecule has 0 saturated heterocycles. The minimum absolute atomic E-state index is 0.208. The van der Waals surface area contributed by atoms with E-state index in [9.17, 15) is 5.11 Å². The lowest BCUT2D eigenvalue weighted by molar-refractivity contribution is 0.151. The number of halogens is 2. The Morgan fingerprint density at radius 3 is 2.21 bits per heavy atom. The van der Waals surface area contributed by atoms with Crippen molar-refractivity contribution in [1.82, 2.24) is 0 Å². The minimum atomic E-state index is -0.591. The molecule has 0 radical (unpaired) electrons. The number of hydrogen-bond acceptors (Lipinski definition) is 1. The fraction of sp³-hybridized carbons (Fsp3) is 0.250. The number of rotatable bonds is 3. The van der Waals surface area contributed by atoms with Crippen LogP contribution in [0.3, 0.4) is 0 Å². The van der Waals surface area contributed by atoms with Crippen LogP contribution in [0, 0.1) is 5.92 Å². The predicted octanol–water partition coefficient (Wildman–Crippen LogP) is 4.83. The van der Waals surface area contributed by atoms with Crippen molar-refractivity contribution in [2.45, 2.75) is 18.4 Å². The van der Waals surface area contributed by atoms with Crippen LogP contribution in [0.15, 0.2) is 48.5 Å². The fourth-order valence-corrected chi connectivity index (χ4v) is 3.28. The summed E-state index contributed by atoms with van der Waals surface area (Å²) in [5.74, 6) is 0.614. The van der Waals surface area contributed by atoms with Gasteiger partial charge in [0.1, 0.15) is 0 Å². The molecule has 0 amide bonds. The monoisotopic (exact) mass is 292 g/mol. The molecule has 98 valence electrons. The molecular formula is C16H14Cl2O. The van der Waals surface area contributed by atoms with Crippen molar-refractivity contribution in [2.75, 3.05) is 0 Å². The molecular weight excluding hydrogens is 279 g/mol. The first-order valence-corrected chi connectivity index (χ1v) is 7.11. The predicted molar refractivity (Wildman–Crippen MR) is 78.7 cm³/mol. The molecule has 0 spiro atoms. The van der Waals surface area contributed by atoms with Crippen molar-refractivity contribution in [3.05, 3.63) is 69.7 Å². The lowest BCUT2D eigenvalue weighted by Gasteiger charge is -2.14. The molecule has 19 heavy (non-hydrogen) atoms. The van der Waals surface area contributed by atoms with E-state index in [-0.39, 0.29) is 5.92 Å². The maximum Gasteiger partial charge on any atom is 0.0853 e. The third kappa shape index (κ3) is 2.51. The van der Waals surface area contributed by atoms with Gasteiger partial charge in [0.25, 0.3) is 0 Å². The molecule has 2 aromatic carbocycles. The maximum atomic E-state index is 10.5. The molecule has 0 aromatic heterocycles. The minimum Gasteiger partial charge on any atom is -0.388 e. The Morgan fingerprint density at radius 1 is 0.947 bits per heavy atom. The summed E-state index contributed by atoms with van der Waals surface area (Å²) in [6, 6.07) is 15.6. The number of aliphatic hydroxyl groups is 1. The molecule has 0 aliphatic heterocycles. The lowest BCUT2D eigenvalue weighted by atomic mass is 10.0.